The summed E-state index contributed by atoms with van der Waals surface area (Å²) in [6.45, 7) is 62.1. The number of hydrogen-bond acceptors (Lipinski definition) is 0. The number of hydrogen-bond donors (Lipinski definition) is 0. The predicted molar refractivity (Wildman–Crippen MR) is 342 cm³/mol. The zero-order chi connectivity index (χ0) is 55.4. The van der Waals surface area contributed by atoms with Crippen LogP contribution in [0.3, 0.4) is 0 Å². The first-order valence-corrected chi connectivity index (χ1v) is 22.5. The molecule has 0 heteroatoms. The Morgan fingerprint density at radius 3 is 0.264 bits per heavy atom. The first-order valence-electron chi connectivity index (χ1n) is 22.5. The third-order valence-corrected chi connectivity index (χ3v) is 7.21. The molecule has 372 valence electrons. The fourth-order valence-corrected chi connectivity index (χ4v) is 3.53. The van der Waals surface area contributed by atoms with Crippen molar-refractivity contribution in [2.45, 2.75) is 0 Å². The van der Waals surface area contributed by atoms with Gasteiger partial charge in [-0.05, 0) is 33.4 Å². The van der Waals surface area contributed by atoms with Gasteiger partial charge in [0.15, 0.2) is 0 Å². The van der Waals surface area contributed by atoms with Gasteiger partial charge in [-0.2, -0.15) is 0 Å². The second-order valence-electron chi connectivity index (χ2n) is 12.5. The van der Waals surface area contributed by atoms with Crippen molar-refractivity contribution in [1.82, 2.24) is 0 Å². The lowest BCUT2D eigenvalue weighted by atomic mass is 10.2. The van der Waals surface area contributed by atoms with Crippen LogP contribution < -0.4 is 0 Å². The number of benzene rings is 6. The predicted octanol–water partition coefficient (Wildman–Crippen LogP) is 22.1. The molecule has 6 aromatic rings. The van der Waals surface area contributed by atoms with E-state index in [9.17, 15) is 0 Å². The van der Waals surface area contributed by atoms with Gasteiger partial charge >= 0.3 is 0 Å². The van der Waals surface area contributed by atoms with E-state index in [1.807, 2.05) is 218 Å². The van der Waals surface area contributed by atoms with E-state index in [2.05, 4.69) is 118 Å². The highest BCUT2D eigenvalue weighted by molar-refractivity contribution is 5.48. The second kappa shape index (κ2) is 70.7. The van der Waals surface area contributed by atoms with Crippen LogP contribution in [-0.4, -0.2) is 0 Å². The summed E-state index contributed by atoms with van der Waals surface area (Å²) in [7, 11) is 0. The average Bonchev–Trinajstić information content (AvgIpc) is 3.49. The quantitative estimate of drug-likeness (QED) is 0.107. The molecule has 0 heterocycles. The second-order valence-corrected chi connectivity index (χ2v) is 12.5. The minimum Gasteiger partial charge on any atom is -0.0991 e. The van der Waals surface area contributed by atoms with E-state index in [0.29, 0.717) is 0 Å². The Bertz CT molecular complexity index is 1780. The van der Waals surface area contributed by atoms with Gasteiger partial charge in [0.2, 0.25) is 0 Å². The zero-order valence-corrected chi connectivity index (χ0v) is 43.4. The molecule has 0 nitrogen and oxygen atoms in total. The SMILES string of the molecule is C=CC=C.C=CC=C.C=CC=C.C=CC=C.C=CC=C.C=CC=C.C=Cc1ccccc1.C=Cc1ccccc1.C=Cc1ccccc1.C=Cc1ccccc1.C=Cc1ccccc1.C=Cc1ccccc1. The van der Waals surface area contributed by atoms with Crippen LogP contribution in [0.15, 0.2) is 373 Å². The van der Waals surface area contributed by atoms with Gasteiger partial charge in [0.05, 0.1) is 0 Å². The van der Waals surface area contributed by atoms with Crippen LogP contribution in [0.2, 0.25) is 0 Å². The molecule has 0 radical (unpaired) electrons. The van der Waals surface area contributed by atoms with Crippen molar-refractivity contribution in [3.05, 3.63) is 407 Å². The van der Waals surface area contributed by atoms with Crippen molar-refractivity contribution in [3.63, 3.8) is 0 Å². The Morgan fingerprint density at radius 1 is 0.139 bits per heavy atom. The third kappa shape index (κ3) is 67.2. The summed E-state index contributed by atoms with van der Waals surface area (Å²) in [5.74, 6) is 0. The Hall–Kier alpha value is -9.36. The summed E-state index contributed by atoms with van der Waals surface area (Å²) in [4.78, 5) is 0. The van der Waals surface area contributed by atoms with Crippen LogP contribution in [0, 0.1) is 0 Å². The molecule has 0 aliphatic heterocycles. The fourth-order valence-electron chi connectivity index (χ4n) is 3.53. The largest absolute Gasteiger partial charge is 0.0991 e. The standard InChI is InChI=1S/6C8H8.6C4H6/c6*1-2-8-6-4-3-5-7-8;6*1-3-4-2/h6*2-7H,1H2;6*3-4H,1-2H2. The molecule has 0 atom stereocenters. The average molecular weight is 949 g/mol. The minimum atomic E-state index is 1.17. The topological polar surface area (TPSA) is 0 Å². The molecule has 0 fully saturated rings. The lowest BCUT2D eigenvalue weighted by molar-refractivity contribution is 1.67. The molecule has 0 saturated carbocycles. The van der Waals surface area contributed by atoms with Crippen LogP contribution in [-0.2, 0) is 0 Å². The molecule has 0 saturated heterocycles. The molecule has 0 amide bonds. The van der Waals surface area contributed by atoms with Crippen LogP contribution in [0.25, 0.3) is 36.5 Å². The summed E-state index contributed by atoms with van der Waals surface area (Å²) in [6.07, 6.45) is 30.7. The van der Waals surface area contributed by atoms with Crippen molar-refractivity contribution in [2.24, 2.45) is 0 Å². The van der Waals surface area contributed by atoms with Gasteiger partial charge in [0.25, 0.3) is 0 Å². The van der Waals surface area contributed by atoms with E-state index >= 15 is 0 Å². The normalized spacial score (nSPS) is 7.33. The molecule has 6 rings (SSSR count). The lowest BCUT2D eigenvalue weighted by Crippen LogP contribution is -1.63. The molecule has 0 N–H and O–H groups in total. The molecule has 0 aliphatic carbocycles. The molecule has 0 aromatic heterocycles. The van der Waals surface area contributed by atoms with Crippen molar-refractivity contribution in [2.75, 3.05) is 0 Å². The molecule has 0 spiro atoms. The van der Waals surface area contributed by atoms with Crippen LogP contribution in [0.4, 0.5) is 0 Å². The first-order chi connectivity index (χ1) is 35.1. The van der Waals surface area contributed by atoms with Gasteiger partial charge in [0.1, 0.15) is 0 Å². The van der Waals surface area contributed by atoms with Gasteiger partial charge < -0.3 is 0 Å². The van der Waals surface area contributed by atoms with Gasteiger partial charge in [0, 0.05) is 0 Å². The van der Waals surface area contributed by atoms with Gasteiger partial charge in [-0.3, -0.25) is 0 Å². The summed E-state index contributed by atoms with van der Waals surface area (Å²) in [5, 5.41) is 0. The summed E-state index contributed by atoms with van der Waals surface area (Å²) < 4.78 is 0. The maximum atomic E-state index is 3.63. The molecule has 6 aromatic carbocycles. The summed E-state index contributed by atoms with van der Waals surface area (Å²) in [6, 6.07) is 60.2. The first kappa shape index (κ1) is 74.2. The van der Waals surface area contributed by atoms with E-state index in [1.54, 1.807) is 72.9 Å². The zero-order valence-electron chi connectivity index (χ0n) is 43.4. The lowest BCUT2D eigenvalue weighted by Gasteiger charge is -1.85. The van der Waals surface area contributed by atoms with Crippen molar-refractivity contribution in [3.8, 4) is 0 Å². The summed E-state index contributed by atoms with van der Waals surface area (Å²) >= 11 is 0. The monoisotopic (exact) mass is 949 g/mol. The van der Waals surface area contributed by atoms with Crippen molar-refractivity contribution in [1.29, 1.82) is 0 Å². The molecular formula is C72H84. The van der Waals surface area contributed by atoms with E-state index < -0.39 is 0 Å². The Balaban J connectivity index is -0.000000167. The van der Waals surface area contributed by atoms with Crippen LogP contribution in [0.1, 0.15) is 33.4 Å². The van der Waals surface area contributed by atoms with Gasteiger partial charge in [-0.15, -0.1) is 0 Å². The van der Waals surface area contributed by atoms with Crippen LogP contribution >= 0.6 is 0 Å². The molecule has 72 heavy (non-hydrogen) atoms. The van der Waals surface area contributed by atoms with Crippen molar-refractivity contribution >= 4 is 36.5 Å². The highest BCUT2D eigenvalue weighted by atomic mass is 13.9. The Morgan fingerprint density at radius 2 is 0.222 bits per heavy atom. The highest BCUT2D eigenvalue weighted by Crippen LogP contribution is 2.01. The fraction of sp³-hybridized carbons (Fsp3) is 0. The maximum Gasteiger partial charge on any atom is -0.0263 e. The molecule has 0 aliphatic rings. The van der Waals surface area contributed by atoms with E-state index in [0.717, 1.165) is 0 Å². The molecule has 0 bridgehead atoms. The number of allylic oxidation sites excluding steroid dienone is 12. The van der Waals surface area contributed by atoms with Crippen LogP contribution in [0.5, 0.6) is 0 Å². The highest BCUT2D eigenvalue weighted by Gasteiger charge is 1.79. The smallest absolute Gasteiger partial charge is 0.0263 e. The maximum absolute atomic E-state index is 3.63. The van der Waals surface area contributed by atoms with Crippen molar-refractivity contribution < 1.29 is 0 Å². The van der Waals surface area contributed by atoms with E-state index in [1.165, 1.54) is 33.4 Å². The number of rotatable bonds is 12. The summed E-state index contributed by atoms with van der Waals surface area (Å²) in [5.41, 5.74) is 7.04. The van der Waals surface area contributed by atoms with E-state index in [4.69, 9.17) is 0 Å². The molecular weight excluding hydrogens is 865 g/mol. The third-order valence-electron chi connectivity index (χ3n) is 7.21. The van der Waals surface area contributed by atoms with Gasteiger partial charge in [-0.25, -0.2) is 0 Å². The Labute approximate surface area is 441 Å². The van der Waals surface area contributed by atoms with E-state index in [-0.39, 0.29) is 0 Å². The van der Waals surface area contributed by atoms with Gasteiger partial charge in [-0.1, -0.05) is 410 Å². The minimum absolute atomic E-state index is 1.17. The molecule has 0 unspecified atom stereocenters. The Kier molecular flexibility index (Phi) is 72.8.